The van der Waals surface area contributed by atoms with Crippen molar-refractivity contribution < 1.29 is 9.15 Å². The number of hydrogen-bond donors (Lipinski definition) is 0. The number of ether oxygens (including phenoxy) is 1. The maximum absolute atomic E-state index is 11.9. The highest BCUT2D eigenvalue weighted by molar-refractivity contribution is 5.80. The van der Waals surface area contributed by atoms with Gasteiger partial charge in [-0.2, -0.15) is 0 Å². The third-order valence-electron chi connectivity index (χ3n) is 4.47. The van der Waals surface area contributed by atoms with E-state index in [9.17, 15) is 4.79 Å². The molecule has 0 spiro atoms. The number of fused-ring (bicyclic) bond motifs is 1. The Balaban J connectivity index is 1.82. The number of rotatable bonds is 7. The number of aryl methyl sites for hydroxylation is 1. The van der Waals surface area contributed by atoms with Crippen LogP contribution in [0.5, 0.6) is 5.75 Å². The fraction of sp³-hybridized carbons (Fsp3) is 0.318. The molecule has 1 heterocycles. The van der Waals surface area contributed by atoms with Crippen LogP contribution in [-0.2, 0) is 13.1 Å². The zero-order chi connectivity index (χ0) is 18.5. The summed E-state index contributed by atoms with van der Waals surface area (Å²) in [6.07, 6.45) is 0. The lowest BCUT2D eigenvalue weighted by atomic mass is 10.1. The Morgan fingerprint density at radius 2 is 1.77 bits per heavy atom. The van der Waals surface area contributed by atoms with Crippen molar-refractivity contribution in [2.24, 2.45) is 0 Å². The monoisotopic (exact) mass is 351 g/mol. The third-order valence-corrected chi connectivity index (χ3v) is 4.47. The Kier molecular flexibility index (Phi) is 5.74. The Morgan fingerprint density at radius 1 is 1.00 bits per heavy atom. The van der Waals surface area contributed by atoms with Gasteiger partial charge in [0.15, 0.2) is 0 Å². The van der Waals surface area contributed by atoms with Gasteiger partial charge in [-0.15, -0.1) is 0 Å². The van der Waals surface area contributed by atoms with Crippen LogP contribution in [0, 0.1) is 6.92 Å². The second-order valence-corrected chi connectivity index (χ2v) is 6.47. The summed E-state index contributed by atoms with van der Waals surface area (Å²) in [4.78, 5) is 14.2. The molecular formula is C22H25NO3. The van der Waals surface area contributed by atoms with E-state index in [0.29, 0.717) is 18.7 Å². The number of nitrogens with zero attached hydrogens (tertiary/aromatic N) is 1. The topological polar surface area (TPSA) is 42.7 Å². The fourth-order valence-corrected chi connectivity index (χ4v) is 3.11. The molecule has 0 amide bonds. The van der Waals surface area contributed by atoms with Gasteiger partial charge < -0.3 is 9.15 Å². The predicted molar refractivity (Wildman–Crippen MR) is 105 cm³/mol. The standard InChI is InChI=1S/C22H25NO3/c1-4-23(14-17-7-9-19(10-8-17)25-5-2)15-18-13-22(24)26-21-11-6-16(3)12-20(18)21/h6-13H,4-5,14-15H2,1-3H3. The smallest absolute Gasteiger partial charge is 0.336 e. The summed E-state index contributed by atoms with van der Waals surface area (Å²) in [6.45, 7) is 9.24. The molecule has 26 heavy (non-hydrogen) atoms. The van der Waals surface area contributed by atoms with Crippen LogP contribution in [0.15, 0.2) is 57.7 Å². The van der Waals surface area contributed by atoms with Gasteiger partial charge in [0.25, 0.3) is 0 Å². The maximum atomic E-state index is 11.9. The highest BCUT2D eigenvalue weighted by Gasteiger charge is 2.11. The highest BCUT2D eigenvalue weighted by atomic mass is 16.5. The predicted octanol–water partition coefficient (Wildman–Crippen LogP) is 4.52. The molecule has 1 aromatic heterocycles. The molecule has 0 aliphatic rings. The first kappa shape index (κ1) is 18.2. The van der Waals surface area contributed by atoms with Gasteiger partial charge in [-0.1, -0.05) is 30.7 Å². The minimum atomic E-state index is -0.298. The lowest BCUT2D eigenvalue weighted by Gasteiger charge is -2.21. The summed E-state index contributed by atoms with van der Waals surface area (Å²) in [6, 6.07) is 15.7. The minimum Gasteiger partial charge on any atom is -0.494 e. The molecule has 3 aromatic rings. The van der Waals surface area contributed by atoms with Crippen LogP contribution < -0.4 is 10.4 Å². The van der Waals surface area contributed by atoms with Crippen molar-refractivity contribution >= 4 is 11.0 Å². The normalized spacial score (nSPS) is 11.2. The van der Waals surface area contributed by atoms with Gasteiger partial charge >= 0.3 is 5.63 Å². The fourth-order valence-electron chi connectivity index (χ4n) is 3.11. The van der Waals surface area contributed by atoms with Crippen LogP contribution in [0.3, 0.4) is 0 Å². The molecular weight excluding hydrogens is 326 g/mol. The SMILES string of the molecule is CCOc1ccc(CN(CC)Cc2cc(=O)oc3ccc(C)cc23)cc1. The van der Waals surface area contributed by atoms with E-state index in [1.54, 1.807) is 6.07 Å². The molecule has 0 aliphatic carbocycles. The van der Waals surface area contributed by atoms with Gasteiger partial charge in [0.05, 0.1) is 6.61 Å². The number of hydrogen-bond acceptors (Lipinski definition) is 4. The van der Waals surface area contributed by atoms with E-state index < -0.39 is 0 Å². The summed E-state index contributed by atoms with van der Waals surface area (Å²) in [5.41, 5.74) is 3.73. The lowest BCUT2D eigenvalue weighted by molar-refractivity contribution is 0.271. The summed E-state index contributed by atoms with van der Waals surface area (Å²) in [7, 11) is 0. The van der Waals surface area contributed by atoms with Gasteiger partial charge in [-0.05, 0) is 55.8 Å². The van der Waals surface area contributed by atoms with Crippen molar-refractivity contribution in [2.45, 2.75) is 33.9 Å². The van der Waals surface area contributed by atoms with Crippen LogP contribution in [0.4, 0.5) is 0 Å². The van der Waals surface area contributed by atoms with Crippen molar-refractivity contribution in [3.05, 3.63) is 75.6 Å². The van der Waals surface area contributed by atoms with Crippen molar-refractivity contribution in [1.29, 1.82) is 0 Å². The molecule has 0 bridgehead atoms. The minimum absolute atomic E-state index is 0.298. The van der Waals surface area contributed by atoms with Gasteiger partial charge in [-0.25, -0.2) is 4.79 Å². The molecule has 0 saturated carbocycles. The molecule has 4 heteroatoms. The molecule has 0 saturated heterocycles. The number of benzene rings is 2. The molecule has 0 atom stereocenters. The zero-order valence-corrected chi connectivity index (χ0v) is 15.6. The van der Waals surface area contributed by atoms with Crippen molar-refractivity contribution in [1.82, 2.24) is 4.90 Å². The quantitative estimate of drug-likeness (QED) is 0.587. The van der Waals surface area contributed by atoms with Crippen LogP contribution in [0.25, 0.3) is 11.0 Å². The largest absolute Gasteiger partial charge is 0.494 e. The van der Waals surface area contributed by atoms with E-state index in [-0.39, 0.29) is 5.63 Å². The van der Waals surface area contributed by atoms with Crippen molar-refractivity contribution in [3.63, 3.8) is 0 Å². The summed E-state index contributed by atoms with van der Waals surface area (Å²) < 4.78 is 10.8. The first-order chi connectivity index (χ1) is 12.6. The van der Waals surface area contributed by atoms with Gasteiger partial charge in [0, 0.05) is 24.5 Å². The molecule has 3 rings (SSSR count). The molecule has 0 unspecified atom stereocenters. The van der Waals surface area contributed by atoms with Crippen molar-refractivity contribution in [2.75, 3.05) is 13.2 Å². The van der Waals surface area contributed by atoms with Gasteiger partial charge in [-0.3, -0.25) is 4.90 Å². The van der Waals surface area contributed by atoms with E-state index in [4.69, 9.17) is 9.15 Å². The Bertz CT molecular complexity index is 928. The van der Waals surface area contributed by atoms with E-state index in [2.05, 4.69) is 30.0 Å². The Labute approximate surface area is 154 Å². The molecule has 0 radical (unpaired) electrons. The molecule has 0 fully saturated rings. The van der Waals surface area contributed by atoms with Gasteiger partial charge in [0.2, 0.25) is 0 Å². The molecule has 136 valence electrons. The van der Waals surface area contributed by atoms with E-state index in [1.165, 1.54) is 5.56 Å². The average molecular weight is 351 g/mol. The third kappa shape index (κ3) is 4.33. The second kappa shape index (κ2) is 8.19. The van der Waals surface area contributed by atoms with E-state index >= 15 is 0 Å². The van der Waals surface area contributed by atoms with Crippen LogP contribution >= 0.6 is 0 Å². The Hall–Kier alpha value is -2.59. The molecule has 2 aromatic carbocycles. The van der Waals surface area contributed by atoms with E-state index in [0.717, 1.165) is 35.4 Å². The molecule has 0 N–H and O–H groups in total. The van der Waals surface area contributed by atoms with Crippen LogP contribution in [-0.4, -0.2) is 18.1 Å². The Morgan fingerprint density at radius 3 is 2.46 bits per heavy atom. The van der Waals surface area contributed by atoms with Crippen LogP contribution in [0.1, 0.15) is 30.5 Å². The first-order valence-electron chi connectivity index (χ1n) is 9.06. The summed E-state index contributed by atoms with van der Waals surface area (Å²) >= 11 is 0. The summed E-state index contributed by atoms with van der Waals surface area (Å²) in [5, 5.41) is 1.01. The average Bonchev–Trinajstić information content (AvgIpc) is 2.63. The first-order valence-corrected chi connectivity index (χ1v) is 9.06. The second-order valence-electron chi connectivity index (χ2n) is 6.47. The van der Waals surface area contributed by atoms with Crippen LogP contribution in [0.2, 0.25) is 0 Å². The molecule has 4 nitrogen and oxygen atoms in total. The lowest BCUT2D eigenvalue weighted by Crippen LogP contribution is -2.23. The zero-order valence-electron chi connectivity index (χ0n) is 15.6. The molecule has 0 aliphatic heterocycles. The van der Waals surface area contributed by atoms with Crippen molar-refractivity contribution in [3.8, 4) is 5.75 Å². The van der Waals surface area contributed by atoms with Gasteiger partial charge in [0.1, 0.15) is 11.3 Å². The highest BCUT2D eigenvalue weighted by Crippen LogP contribution is 2.21. The maximum Gasteiger partial charge on any atom is 0.336 e. The van der Waals surface area contributed by atoms with E-state index in [1.807, 2.05) is 38.1 Å². The summed E-state index contributed by atoms with van der Waals surface area (Å²) in [5.74, 6) is 0.890.